The summed E-state index contributed by atoms with van der Waals surface area (Å²) in [6, 6.07) is 1.41. The van der Waals surface area contributed by atoms with Crippen molar-refractivity contribution in [3.63, 3.8) is 0 Å². The highest BCUT2D eigenvalue weighted by Crippen LogP contribution is 2.42. The van der Waals surface area contributed by atoms with E-state index in [0.717, 1.165) is 4.57 Å². The summed E-state index contributed by atoms with van der Waals surface area (Å²) in [6.07, 6.45) is 0.462. The van der Waals surface area contributed by atoms with Crippen molar-refractivity contribution < 1.29 is 14.9 Å². The van der Waals surface area contributed by atoms with Crippen LogP contribution < -0.4 is 11.4 Å². The summed E-state index contributed by atoms with van der Waals surface area (Å²) < 4.78 is 6.53. The monoisotopic (exact) mass is 289 g/mol. The first-order valence-corrected chi connectivity index (χ1v) is 6.25. The Hall–Kier alpha value is -1.15. The lowest BCUT2D eigenvalue weighted by Crippen LogP contribution is -2.53. The number of aliphatic hydroxyl groups excluding tert-OH is 2. The van der Waals surface area contributed by atoms with Gasteiger partial charge in [-0.3, -0.25) is 4.57 Å². The molecule has 4 N–H and O–H groups in total. The Kier molecular flexibility index (Phi) is 3.57. The Morgan fingerprint density at radius 3 is 2.89 bits per heavy atom. The van der Waals surface area contributed by atoms with Crippen LogP contribution in [-0.4, -0.2) is 44.7 Å². The molecule has 1 aliphatic rings. The first-order chi connectivity index (χ1) is 8.89. The summed E-state index contributed by atoms with van der Waals surface area (Å²) in [4.78, 5) is 13.9. The summed E-state index contributed by atoms with van der Waals surface area (Å²) in [5.41, 5.74) is 3.55. The predicted molar refractivity (Wildman–Crippen MR) is 68.8 cm³/mol. The number of nitrogens with two attached hydrogens (primary N) is 1. The van der Waals surface area contributed by atoms with E-state index in [1.165, 1.54) is 12.3 Å². The van der Waals surface area contributed by atoms with Crippen LogP contribution in [0.4, 0.5) is 5.82 Å². The van der Waals surface area contributed by atoms with Crippen LogP contribution in [0.1, 0.15) is 13.3 Å². The number of hydrogen-bond donors (Lipinski definition) is 3. The molecule has 0 saturated carbocycles. The highest BCUT2D eigenvalue weighted by atomic mass is 35.5. The molecule has 3 atom stereocenters. The Labute approximate surface area is 114 Å². The predicted octanol–water partition coefficient (Wildman–Crippen LogP) is -0.751. The third-order valence-corrected chi connectivity index (χ3v) is 4.07. The molecule has 0 bridgehead atoms. The normalized spacial score (nSPS) is 34.6. The molecule has 2 heterocycles. The number of aliphatic hydroxyl groups is 2. The number of rotatable bonds is 3. The summed E-state index contributed by atoms with van der Waals surface area (Å²) in [6.45, 7) is 1.25. The van der Waals surface area contributed by atoms with Crippen LogP contribution in [0.15, 0.2) is 17.1 Å². The Bertz CT molecular complexity index is 531. The molecule has 1 aromatic heterocycles. The van der Waals surface area contributed by atoms with E-state index < -0.39 is 29.0 Å². The van der Waals surface area contributed by atoms with E-state index in [1.807, 2.05) is 0 Å². The highest BCUT2D eigenvalue weighted by molar-refractivity contribution is 6.22. The zero-order valence-corrected chi connectivity index (χ0v) is 11.2. The average Bonchev–Trinajstić information content (AvgIpc) is 2.64. The van der Waals surface area contributed by atoms with Gasteiger partial charge in [0.05, 0.1) is 13.2 Å². The number of anilines is 1. The minimum absolute atomic E-state index is 0.0684. The van der Waals surface area contributed by atoms with Crippen LogP contribution >= 0.6 is 11.6 Å². The maximum atomic E-state index is 11.8. The molecule has 7 nitrogen and oxygen atoms in total. The van der Waals surface area contributed by atoms with Gasteiger partial charge in [0.25, 0.3) is 0 Å². The molecule has 8 heteroatoms. The molecule has 0 radical (unpaired) electrons. The number of nitrogen functional groups attached to an aromatic ring is 1. The first-order valence-electron chi connectivity index (χ1n) is 5.87. The second kappa shape index (κ2) is 4.75. The van der Waals surface area contributed by atoms with Gasteiger partial charge < -0.3 is 20.7 Å². The van der Waals surface area contributed by atoms with Gasteiger partial charge in [-0.2, -0.15) is 4.98 Å². The molecular weight excluding hydrogens is 274 g/mol. The van der Waals surface area contributed by atoms with Gasteiger partial charge in [0.2, 0.25) is 0 Å². The lowest BCUT2D eigenvalue weighted by Gasteiger charge is -2.33. The zero-order chi connectivity index (χ0) is 14.3. The zero-order valence-electron chi connectivity index (χ0n) is 10.4. The third kappa shape index (κ3) is 2.02. The number of aromatic nitrogens is 2. The van der Waals surface area contributed by atoms with Crippen LogP contribution in [0.25, 0.3) is 0 Å². The van der Waals surface area contributed by atoms with Gasteiger partial charge in [-0.05, 0) is 12.5 Å². The van der Waals surface area contributed by atoms with E-state index in [-0.39, 0.29) is 12.4 Å². The molecule has 1 fully saturated rings. The molecule has 1 aromatic rings. The van der Waals surface area contributed by atoms with E-state index in [0.29, 0.717) is 6.42 Å². The molecule has 0 amide bonds. The van der Waals surface area contributed by atoms with Crippen molar-refractivity contribution in [1.29, 1.82) is 0 Å². The number of nitrogens with zero attached hydrogens (tertiary/aromatic N) is 2. The second-order valence-corrected chi connectivity index (χ2v) is 5.25. The average molecular weight is 290 g/mol. The molecular formula is C11H16ClN3O4. The van der Waals surface area contributed by atoms with E-state index in [4.69, 9.17) is 22.1 Å². The number of ether oxygens (including phenoxy) is 1. The summed E-state index contributed by atoms with van der Waals surface area (Å²) >= 11 is 6.34. The van der Waals surface area contributed by atoms with Crippen molar-refractivity contribution in [2.45, 2.75) is 30.0 Å². The topological polar surface area (TPSA) is 111 Å². The van der Waals surface area contributed by atoms with Gasteiger partial charge in [-0.25, -0.2) is 4.79 Å². The van der Waals surface area contributed by atoms with Gasteiger partial charge in [0.1, 0.15) is 17.5 Å². The van der Waals surface area contributed by atoms with Gasteiger partial charge in [0.15, 0.2) is 5.00 Å². The van der Waals surface area contributed by atoms with Crippen molar-refractivity contribution in [2.24, 2.45) is 0 Å². The summed E-state index contributed by atoms with van der Waals surface area (Å²) in [5, 5.41) is 19.8. The molecule has 0 aliphatic carbocycles. The number of halogens is 1. The fourth-order valence-electron chi connectivity index (χ4n) is 2.25. The fourth-order valence-corrected chi connectivity index (χ4v) is 2.63. The van der Waals surface area contributed by atoms with Gasteiger partial charge in [-0.1, -0.05) is 18.5 Å². The largest absolute Gasteiger partial charge is 0.393 e. The molecule has 0 unspecified atom stereocenters. The van der Waals surface area contributed by atoms with Crippen molar-refractivity contribution in [2.75, 3.05) is 18.9 Å². The van der Waals surface area contributed by atoms with Crippen LogP contribution in [-0.2, 0) is 9.73 Å². The highest BCUT2D eigenvalue weighted by Gasteiger charge is 2.58. The van der Waals surface area contributed by atoms with E-state index in [1.54, 1.807) is 6.92 Å². The molecule has 106 valence electrons. The van der Waals surface area contributed by atoms with Gasteiger partial charge in [-0.15, -0.1) is 0 Å². The maximum Gasteiger partial charge on any atom is 0.351 e. The Morgan fingerprint density at radius 2 is 2.42 bits per heavy atom. The standard InChI is InChI=1S/C11H16ClN3O4/c1-2-10(5-16)8(17)11(12,6-19-10)15-4-3-7(13)14-9(15)18/h3-4,8,16-17H,2,5-6H2,1H3,(H2,13,14,18)/t8-,10-,11+/m1/s1. The van der Waals surface area contributed by atoms with Crippen molar-refractivity contribution in [3.05, 3.63) is 22.7 Å². The first kappa shape index (κ1) is 14.3. The summed E-state index contributed by atoms with van der Waals surface area (Å²) in [7, 11) is 0. The minimum atomic E-state index is -1.50. The SMILES string of the molecule is CC[C@]1(CO)OC[C@](Cl)(n2ccc(N)nc2=O)[C@@H]1O. The fraction of sp³-hybridized carbons (Fsp3) is 0.636. The van der Waals surface area contributed by atoms with Crippen LogP contribution in [0.3, 0.4) is 0 Å². The van der Waals surface area contributed by atoms with Crippen molar-refractivity contribution in [3.8, 4) is 0 Å². The molecule has 1 aliphatic heterocycles. The molecule has 0 spiro atoms. The molecule has 2 rings (SSSR count). The number of hydrogen-bond acceptors (Lipinski definition) is 6. The van der Waals surface area contributed by atoms with Crippen LogP contribution in [0.2, 0.25) is 0 Å². The third-order valence-electron chi connectivity index (χ3n) is 3.57. The quantitative estimate of drug-likeness (QED) is 0.632. The van der Waals surface area contributed by atoms with Crippen molar-refractivity contribution in [1.82, 2.24) is 9.55 Å². The molecule has 19 heavy (non-hydrogen) atoms. The minimum Gasteiger partial charge on any atom is -0.393 e. The molecule has 0 aromatic carbocycles. The number of alkyl halides is 1. The van der Waals surface area contributed by atoms with Crippen LogP contribution in [0, 0.1) is 0 Å². The summed E-state index contributed by atoms with van der Waals surface area (Å²) in [5.74, 6) is 0.0684. The van der Waals surface area contributed by atoms with Crippen molar-refractivity contribution >= 4 is 17.4 Å². The van der Waals surface area contributed by atoms with E-state index >= 15 is 0 Å². The second-order valence-electron chi connectivity index (χ2n) is 4.59. The van der Waals surface area contributed by atoms with Crippen LogP contribution in [0.5, 0.6) is 0 Å². The smallest absolute Gasteiger partial charge is 0.351 e. The van der Waals surface area contributed by atoms with E-state index in [9.17, 15) is 15.0 Å². The van der Waals surface area contributed by atoms with E-state index in [2.05, 4.69) is 4.98 Å². The lowest BCUT2D eigenvalue weighted by molar-refractivity contribution is -0.0946. The maximum absolute atomic E-state index is 11.8. The van der Waals surface area contributed by atoms with Gasteiger partial charge in [0, 0.05) is 6.20 Å². The lowest BCUT2D eigenvalue weighted by atomic mass is 9.92. The Balaban J connectivity index is 2.47. The molecule has 1 saturated heterocycles. The van der Waals surface area contributed by atoms with Gasteiger partial charge >= 0.3 is 5.69 Å². The Morgan fingerprint density at radius 1 is 1.74 bits per heavy atom.